The van der Waals surface area contributed by atoms with Crippen molar-refractivity contribution in [2.45, 2.75) is 19.3 Å². The Labute approximate surface area is 188 Å². The van der Waals surface area contributed by atoms with Gasteiger partial charge in [-0.1, -0.05) is 35.3 Å². The molecule has 0 aliphatic carbocycles. The first-order valence-electron chi connectivity index (χ1n) is 9.86. The Kier molecular flexibility index (Phi) is 10.6. The number of methoxy groups -OCH3 is 2. The van der Waals surface area contributed by atoms with E-state index in [2.05, 4.69) is 16.7 Å². The van der Waals surface area contributed by atoms with Crippen molar-refractivity contribution in [1.29, 1.82) is 0 Å². The number of halogens is 2. The van der Waals surface area contributed by atoms with Crippen LogP contribution < -0.4 is 20.1 Å². The van der Waals surface area contributed by atoms with Crippen molar-refractivity contribution in [3.63, 3.8) is 0 Å². The summed E-state index contributed by atoms with van der Waals surface area (Å²) in [5, 5.41) is 7.23. The summed E-state index contributed by atoms with van der Waals surface area (Å²) in [7, 11) is 3.28. The van der Waals surface area contributed by atoms with Crippen LogP contribution in [0.2, 0.25) is 10.0 Å². The molecule has 0 fully saturated rings. The van der Waals surface area contributed by atoms with Crippen LogP contribution in [0.1, 0.15) is 24.0 Å². The third-order valence-electron chi connectivity index (χ3n) is 4.47. The predicted octanol–water partition coefficient (Wildman–Crippen LogP) is 4.75. The second-order valence-corrected chi connectivity index (χ2v) is 7.51. The van der Waals surface area contributed by atoms with Crippen molar-refractivity contribution in [2.24, 2.45) is 0 Å². The zero-order chi connectivity index (χ0) is 21.8. The lowest BCUT2D eigenvalue weighted by Gasteiger charge is -2.10. The normalized spacial score (nSPS) is 10.9. The first kappa shape index (κ1) is 24.1. The largest absolute Gasteiger partial charge is 0.493 e. The summed E-state index contributed by atoms with van der Waals surface area (Å²) in [5.41, 5.74) is 2.05. The minimum atomic E-state index is -0.130. The van der Waals surface area contributed by atoms with E-state index in [0.717, 1.165) is 49.4 Å². The van der Waals surface area contributed by atoms with Gasteiger partial charge in [-0.2, -0.15) is 0 Å². The molecule has 0 aliphatic rings. The molecule has 0 unspecified atom stereocenters. The van der Waals surface area contributed by atoms with Crippen LogP contribution in [0.15, 0.2) is 42.5 Å². The molecule has 2 N–H and O–H groups in total. The maximum absolute atomic E-state index is 11.9. The van der Waals surface area contributed by atoms with Gasteiger partial charge in [-0.05, 0) is 73.8 Å². The molecule has 0 heterocycles. The van der Waals surface area contributed by atoms with Crippen molar-refractivity contribution in [2.75, 3.05) is 33.9 Å². The number of rotatable bonds is 12. The zero-order valence-corrected chi connectivity index (χ0v) is 18.9. The van der Waals surface area contributed by atoms with Crippen LogP contribution in [0.5, 0.6) is 11.5 Å². The van der Waals surface area contributed by atoms with Crippen LogP contribution >= 0.6 is 23.2 Å². The minimum Gasteiger partial charge on any atom is -0.493 e. The fourth-order valence-corrected chi connectivity index (χ4v) is 3.16. The van der Waals surface area contributed by atoms with Gasteiger partial charge in [-0.3, -0.25) is 4.79 Å². The Morgan fingerprint density at radius 3 is 2.43 bits per heavy atom. The van der Waals surface area contributed by atoms with Crippen LogP contribution in [-0.2, 0) is 11.2 Å². The number of ether oxygens (including phenoxy) is 2. The van der Waals surface area contributed by atoms with Crippen LogP contribution in [0.25, 0.3) is 6.08 Å². The van der Waals surface area contributed by atoms with E-state index in [4.69, 9.17) is 32.7 Å². The maximum Gasteiger partial charge on any atom is 0.243 e. The van der Waals surface area contributed by atoms with Crippen molar-refractivity contribution < 1.29 is 14.3 Å². The van der Waals surface area contributed by atoms with E-state index in [9.17, 15) is 4.79 Å². The standard InChI is InChI=1S/C23H28Cl2N2O3/c1-29-21-10-7-17(16-22(21)30-2)5-3-12-26-13-4-14-27-23(28)11-8-18-6-9-19(24)20(25)15-18/h6-11,15-16,26H,3-5,12-14H2,1-2H3,(H,27,28)/b11-8+. The van der Waals surface area contributed by atoms with E-state index in [-0.39, 0.29) is 5.91 Å². The molecular formula is C23H28Cl2N2O3. The Morgan fingerprint density at radius 1 is 0.933 bits per heavy atom. The predicted molar refractivity (Wildman–Crippen MR) is 124 cm³/mol. The van der Waals surface area contributed by atoms with Gasteiger partial charge in [0.2, 0.25) is 5.91 Å². The SMILES string of the molecule is COc1ccc(CCCNCCCNC(=O)/C=C/c2ccc(Cl)c(Cl)c2)cc1OC. The third kappa shape index (κ3) is 8.27. The van der Waals surface area contributed by atoms with Crippen molar-refractivity contribution >= 4 is 35.2 Å². The Morgan fingerprint density at radius 2 is 1.70 bits per heavy atom. The van der Waals surface area contributed by atoms with Crippen LogP contribution in [0.4, 0.5) is 0 Å². The van der Waals surface area contributed by atoms with Gasteiger partial charge in [-0.15, -0.1) is 0 Å². The molecule has 30 heavy (non-hydrogen) atoms. The number of hydrogen-bond donors (Lipinski definition) is 2. The minimum absolute atomic E-state index is 0.130. The highest BCUT2D eigenvalue weighted by atomic mass is 35.5. The molecule has 0 spiro atoms. The molecule has 0 radical (unpaired) electrons. The Bertz CT molecular complexity index is 856. The molecule has 2 rings (SSSR count). The quantitative estimate of drug-likeness (QED) is 0.361. The lowest BCUT2D eigenvalue weighted by molar-refractivity contribution is -0.116. The number of aryl methyl sites for hydroxylation is 1. The molecule has 0 saturated carbocycles. The second-order valence-electron chi connectivity index (χ2n) is 6.69. The first-order valence-corrected chi connectivity index (χ1v) is 10.6. The summed E-state index contributed by atoms with van der Waals surface area (Å²) >= 11 is 11.8. The smallest absolute Gasteiger partial charge is 0.243 e. The molecule has 2 aromatic rings. The second kappa shape index (κ2) is 13.2. The van der Waals surface area contributed by atoms with E-state index < -0.39 is 0 Å². The van der Waals surface area contributed by atoms with E-state index in [0.29, 0.717) is 16.6 Å². The lowest BCUT2D eigenvalue weighted by atomic mass is 10.1. The number of hydrogen-bond acceptors (Lipinski definition) is 4. The molecule has 162 valence electrons. The van der Waals surface area contributed by atoms with E-state index >= 15 is 0 Å². The number of benzene rings is 2. The molecule has 7 heteroatoms. The molecule has 5 nitrogen and oxygen atoms in total. The highest BCUT2D eigenvalue weighted by molar-refractivity contribution is 6.42. The van der Waals surface area contributed by atoms with E-state index in [1.807, 2.05) is 18.2 Å². The van der Waals surface area contributed by atoms with Crippen molar-refractivity contribution in [3.05, 3.63) is 63.6 Å². The van der Waals surface area contributed by atoms with Gasteiger partial charge in [-0.25, -0.2) is 0 Å². The zero-order valence-electron chi connectivity index (χ0n) is 17.3. The number of nitrogens with one attached hydrogen (secondary N) is 2. The van der Waals surface area contributed by atoms with Crippen molar-refractivity contribution in [1.82, 2.24) is 10.6 Å². The third-order valence-corrected chi connectivity index (χ3v) is 5.21. The van der Waals surface area contributed by atoms with Gasteiger partial charge >= 0.3 is 0 Å². The summed E-state index contributed by atoms with van der Waals surface area (Å²) in [6.07, 6.45) is 6.06. The Hall–Kier alpha value is -2.21. The van der Waals surface area contributed by atoms with Gasteiger partial charge in [0.05, 0.1) is 24.3 Å². The summed E-state index contributed by atoms with van der Waals surface area (Å²) in [6.45, 7) is 2.38. The van der Waals surface area contributed by atoms with Crippen LogP contribution in [0.3, 0.4) is 0 Å². The molecule has 1 amide bonds. The van der Waals surface area contributed by atoms with Crippen LogP contribution in [-0.4, -0.2) is 39.8 Å². The van der Waals surface area contributed by atoms with Gasteiger partial charge in [0.25, 0.3) is 0 Å². The fraction of sp³-hybridized carbons (Fsp3) is 0.348. The Balaban J connectivity index is 1.56. The average Bonchev–Trinajstić information content (AvgIpc) is 2.76. The highest BCUT2D eigenvalue weighted by Gasteiger charge is 2.04. The van der Waals surface area contributed by atoms with Gasteiger partial charge in [0, 0.05) is 12.6 Å². The average molecular weight is 451 g/mol. The van der Waals surface area contributed by atoms with Crippen molar-refractivity contribution in [3.8, 4) is 11.5 Å². The molecule has 0 atom stereocenters. The molecule has 0 bridgehead atoms. The summed E-state index contributed by atoms with van der Waals surface area (Å²) in [4.78, 5) is 11.9. The van der Waals surface area contributed by atoms with Gasteiger partial charge in [0.1, 0.15) is 0 Å². The monoisotopic (exact) mass is 450 g/mol. The number of amides is 1. The number of carbonyl (C=O) groups is 1. The summed E-state index contributed by atoms with van der Waals surface area (Å²) in [6, 6.07) is 11.2. The molecule has 0 aromatic heterocycles. The van der Waals surface area contributed by atoms with Gasteiger partial charge < -0.3 is 20.1 Å². The summed E-state index contributed by atoms with van der Waals surface area (Å²) < 4.78 is 10.6. The maximum atomic E-state index is 11.9. The molecule has 0 saturated heterocycles. The van der Waals surface area contributed by atoms with Crippen LogP contribution in [0, 0.1) is 0 Å². The molecule has 0 aliphatic heterocycles. The topological polar surface area (TPSA) is 59.6 Å². The van der Waals surface area contributed by atoms with Gasteiger partial charge in [0.15, 0.2) is 11.5 Å². The number of carbonyl (C=O) groups excluding carboxylic acids is 1. The van der Waals surface area contributed by atoms with E-state index in [1.165, 1.54) is 11.6 Å². The first-order chi connectivity index (χ1) is 14.5. The highest BCUT2D eigenvalue weighted by Crippen LogP contribution is 2.28. The lowest BCUT2D eigenvalue weighted by Crippen LogP contribution is -2.26. The summed E-state index contributed by atoms with van der Waals surface area (Å²) in [5.74, 6) is 1.37. The fourth-order valence-electron chi connectivity index (χ4n) is 2.85. The molecule has 2 aromatic carbocycles. The molecular weight excluding hydrogens is 423 g/mol. The van der Waals surface area contributed by atoms with E-state index in [1.54, 1.807) is 32.4 Å².